The highest BCUT2D eigenvalue weighted by molar-refractivity contribution is 5.68. The van der Waals surface area contributed by atoms with Crippen LogP contribution in [0.5, 0.6) is 0 Å². The van der Waals surface area contributed by atoms with Gasteiger partial charge >= 0.3 is 12.1 Å². The number of nitrogens with one attached hydrogen (secondary N) is 1. The zero-order valence-electron chi connectivity index (χ0n) is 15.2. The van der Waals surface area contributed by atoms with E-state index in [9.17, 15) is 9.59 Å². The smallest absolute Gasteiger partial charge is 0.410 e. The number of likely N-dealkylation sites (tertiary alicyclic amines) is 1. The van der Waals surface area contributed by atoms with E-state index < -0.39 is 11.6 Å². The number of carboxylic acid groups (broad SMARTS) is 1. The van der Waals surface area contributed by atoms with Crippen LogP contribution in [-0.2, 0) is 9.53 Å². The highest BCUT2D eigenvalue weighted by Gasteiger charge is 2.31. The molecule has 0 radical (unpaired) electrons. The first-order valence-corrected chi connectivity index (χ1v) is 9.20. The Balaban J connectivity index is 1.79. The normalized spacial score (nSPS) is 26.2. The summed E-state index contributed by atoms with van der Waals surface area (Å²) < 4.78 is 5.42. The van der Waals surface area contributed by atoms with Gasteiger partial charge in [0.1, 0.15) is 5.60 Å². The van der Waals surface area contributed by atoms with Crippen LogP contribution in [0.2, 0.25) is 0 Å². The van der Waals surface area contributed by atoms with Gasteiger partial charge < -0.3 is 20.1 Å². The largest absolute Gasteiger partial charge is 0.481 e. The Hall–Kier alpha value is -1.30. The second-order valence-corrected chi connectivity index (χ2v) is 8.16. The molecule has 2 rings (SSSR count). The third-order valence-corrected chi connectivity index (χ3v) is 4.94. The van der Waals surface area contributed by atoms with Crippen molar-refractivity contribution in [2.45, 2.75) is 83.4 Å². The summed E-state index contributed by atoms with van der Waals surface area (Å²) in [6.07, 6.45) is 6.18. The lowest BCUT2D eigenvalue weighted by Crippen LogP contribution is -2.51. The van der Waals surface area contributed by atoms with Crippen molar-refractivity contribution in [1.82, 2.24) is 10.2 Å². The minimum absolute atomic E-state index is 0.234. The van der Waals surface area contributed by atoms with Crippen LogP contribution < -0.4 is 5.32 Å². The Labute approximate surface area is 144 Å². The Kier molecular flexibility index (Phi) is 6.49. The molecule has 1 saturated carbocycles. The molecule has 0 aromatic heterocycles. The minimum atomic E-state index is -0.701. The number of piperidine rings is 1. The maximum absolute atomic E-state index is 12.1. The number of aliphatic carboxylic acids is 1. The highest BCUT2D eigenvalue weighted by Crippen LogP contribution is 2.28. The van der Waals surface area contributed by atoms with E-state index in [-0.39, 0.29) is 18.4 Å². The first kappa shape index (κ1) is 19.0. The molecule has 24 heavy (non-hydrogen) atoms. The van der Waals surface area contributed by atoms with Gasteiger partial charge in [0.05, 0.1) is 0 Å². The summed E-state index contributed by atoms with van der Waals surface area (Å²) in [5.41, 5.74) is -0.460. The molecule has 0 bridgehead atoms. The van der Waals surface area contributed by atoms with Crippen molar-refractivity contribution in [3.8, 4) is 0 Å². The molecular formula is C18H32N2O4. The number of rotatable bonds is 4. The molecule has 0 unspecified atom stereocenters. The molecule has 2 N–H and O–H groups in total. The van der Waals surface area contributed by atoms with Gasteiger partial charge in [0.15, 0.2) is 0 Å². The summed E-state index contributed by atoms with van der Waals surface area (Å²) in [5.74, 6) is -0.464. The summed E-state index contributed by atoms with van der Waals surface area (Å²) in [5, 5.41) is 12.8. The van der Waals surface area contributed by atoms with Gasteiger partial charge in [0.2, 0.25) is 0 Å². The number of ether oxygens (including phenoxy) is 1. The zero-order chi connectivity index (χ0) is 17.7. The molecule has 2 atom stereocenters. The van der Waals surface area contributed by atoms with E-state index in [2.05, 4.69) is 5.32 Å². The molecule has 1 aliphatic heterocycles. The first-order chi connectivity index (χ1) is 11.2. The lowest BCUT2D eigenvalue weighted by Gasteiger charge is -2.38. The van der Waals surface area contributed by atoms with Crippen LogP contribution in [0.1, 0.15) is 65.7 Å². The quantitative estimate of drug-likeness (QED) is 0.822. The molecule has 2 fully saturated rings. The Morgan fingerprint density at radius 2 is 1.75 bits per heavy atom. The number of amides is 1. The van der Waals surface area contributed by atoms with E-state index in [0.29, 0.717) is 25.2 Å². The molecule has 1 heterocycles. The molecule has 138 valence electrons. The van der Waals surface area contributed by atoms with E-state index >= 15 is 0 Å². The van der Waals surface area contributed by atoms with Crippen LogP contribution in [0.3, 0.4) is 0 Å². The SMILES string of the molecule is CC(C)(C)OC(=O)N1CCC(N[C@H]2CCCC[C@@H]2CC(=O)O)CC1. The lowest BCUT2D eigenvalue weighted by atomic mass is 9.81. The van der Waals surface area contributed by atoms with Crippen molar-refractivity contribution < 1.29 is 19.4 Å². The fourth-order valence-corrected chi connectivity index (χ4v) is 3.75. The summed E-state index contributed by atoms with van der Waals surface area (Å²) in [6.45, 7) is 7.03. The van der Waals surface area contributed by atoms with Crippen molar-refractivity contribution in [2.75, 3.05) is 13.1 Å². The Bertz CT molecular complexity index is 439. The average Bonchev–Trinajstić information content (AvgIpc) is 2.48. The van der Waals surface area contributed by atoms with Crippen LogP contribution in [0.15, 0.2) is 0 Å². The number of nitrogens with zero attached hydrogens (tertiary/aromatic N) is 1. The third-order valence-electron chi connectivity index (χ3n) is 4.94. The van der Waals surface area contributed by atoms with Gasteiger partial charge in [-0.1, -0.05) is 12.8 Å². The fourth-order valence-electron chi connectivity index (χ4n) is 3.75. The van der Waals surface area contributed by atoms with E-state index in [4.69, 9.17) is 9.84 Å². The monoisotopic (exact) mass is 340 g/mol. The first-order valence-electron chi connectivity index (χ1n) is 9.20. The Morgan fingerprint density at radius 1 is 1.12 bits per heavy atom. The maximum atomic E-state index is 12.1. The maximum Gasteiger partial charge on any atom is 0.410 e. The predicted octanol–water partition coefficient (Wildman–Crippen LogP) is 3.01. The zero-order valence-corrected chi connectivity index (χ0v) is 15.2. The van der Waals surface area contributed by atoms with Crippen LogP contribution in [-0.4, -0.2) is 52.8 Å². The molecule has 0 spiro atoms. The van der Waals surface area contributed by atoms with Gasteiger partial charge in [0, 0.05) is 31.6 Å². The van der Waals surface area contributed by atoms with E-state index in [1.807, 2.05) is 20.8 Å². The highest BCUT2D eigenvalue weighted by atomic mass is 16.6. The summed E-state index contributed by atoms with van der Waals surface area (Å²) in [4.78, 5) is 24.9. The van der Waals surface area contributed by atoms with Crippen LogP contribution in [0, 0.1) is 5.92 Å². The minimum Gasteiger partial charge on any atom is -0.481 e. The summed E-state index contributed by atoms with van der Waals surface area (Å²) in [6, 6.07) is 0.663. The molecule has 1 aliphatic carbocycles. The number of carbonyl (C=O) groups excluding carboxylic acids is 1. The number of hydrogen-bond acceptors (Lipinski definition) is 4. The molecule has 0 aromatic rings. The van der Waals surface area contributed by atoms with Crippen molar-refractivity contribution in [3.63, 3.8) is 0 Å². The summed E-state index contributed by atoms with van der Waals surface area (Å²) in [7, 11) is 0. The predicted molar refractivity (Wildman–Crippen MR) is 92.0 cm³/mol. The molecule has 0 aromatic carbocycles. The molecule has 2 aliphatic rings. The standard InChI is InChI=1S/C18H32N2O4/c1-18(2,3)24-17(23)20-10-8-14(9-11-20)19-15-7-5-4-6-13(15)12-16(21)22/h13-15,19H,4-12H2,1-3H3,(H,21,22)/t13-,15+/m1/s1. The van der Waals surface area contributed by atoms with Crippen molar-refractivity contribution >= 4 is 12.1 Å². The fraction of sp³-hybridized carbons (Fsp3) is 0.889. The summed E-state index contributed by atoms with van der Waals surface area (Å²) >= 11 is 0. The van der Waals surface area contributed by atoms with Gasteiger partial charge in [0.25, 0.3) is 0 Å². The van der Waals surface area contributed by atoms with E-state index in [1.165, 1.54) is 6.42 Å². The molecule has 1 saturated heterocycles. The average molecular weight is 340 g/mol. The van der Waals surface area contributed by atoms with Gasteiger partial charge in [-0.25, -0.2) is 4.79 Å². The van der Waals surface area contributed by atoms with Crippen molar-refractivity contribution in [1.29, 1.82) is 0 Å². The van der Waals surface area contributed by atoms with Gasteiger partial charge in [-0.2, -0.15) is 0 Å². The topological polar surface area (TPSA) is 78.9 Å². The lowest BCUT2D eigenvalue weighted by molar-refractivity contribution is -0.138. The molecule has 1 amide bonds. The number of hydrogen-bond donors (Lipinski definition) is 2. The third kappa shape index (κ3) is 5.96. The van der Waals surface area contributed by atoms with Gasteiger partial charge in [-0.05, 0) is 52.4 Å². The number of carbonyl (C=O) groups is 2. The van der Waals surface area contributed by atoms with Gasteiger partial charge in [-0.3, -0.25) is 4.79 Å². The van der Waals surface area contributed by atoms with Crippen LogP contribution >= 0.6 is 0 Å². The van der Waals surface area contributed by atoms with E-state index in [1.54, 1.807) is 4.90 Å². The van der Waals surface area contributed by atoms with Crippen LogP contribution in [0.4, 0.5) is 4.79 Å². The number of carboxylic acids is 1. The van der Waals surface area contributed by atoms with Gasteiger partial charge in [-0.15, -0.1) is 0 Å². The van der Waals surface area contributed by atoms with Crippen molar-refractivity contribution in [3.05, 3.63) is 0 Å². The van der Waals surface area contributed by atoms with Crippen molar-refractivity contribution in [2.24, 2.45) is 5.92 Å². The molecule has 6 nitrogen and oxygen atoms in total. The Morgan fingerprint density at radius 3 is 2.33 bits per heavy atom. The molecule has 6 heteroatoms. The van der Waals surface area contributed by atoms with E-state index in [0.717, 1.165) is 32.1 Å². The molecular weight excluding hydrogens is 308 g/mol. The second kappa shape index (κ2) is 8.19. The second-order valence-electron chi connectivity index (χ2n) is 8.16. The van der Waals surface area contributed by atoms with Crippen LogP contribution in [0.25, 0.3) is 0 Å².